The van der Waals surface area contributed by atoms with Crippen LogP contribution >= 0.6 is 0 Å². The molecule has 0 aliphatic rings. The van der Waals surface area contributed by atoms with Gasteiger partial charge in [-0.15, -0.1) is 0 Å². The van der Waals surface area contributed by atoms with Gasteiger partial charge in [0.25, 0.3) is 0 Å². The quantitative estimate of drug-likeness (QED) is 0.833. The number of ketones is 1. The predicted octanol–water partition coefficient (Wildman–Crippen LogP) is 0.932. The molecule has 0 saturated heterocycles. The third-order valence-electron chi connectivity index (χ3n) is 2.86. The van der Waals surface area contributed by atoms with E-state index in [1.165, 1.54) is 13.0 Å². The molecule has 2 aromatic rings. The summed E-state index contributed by atoms with van der Waals surface area (Å²) in [5.41, 5.74) is 6.74. The summed E-state index contributed by atoms with van der Waals surface area (Å²) < 4.78 is 1.75. The summed E-state index contributed by atoms with van der Waals surface area (Å²) in [5.74, 6) is -2.16. The zero-order valence-corrected chi connectivity index (χ0v) is 10.8. The van der Waals surface area contributed by atoms with Gasteiger partial charge in [0.15, 0.2) is 5.78 Å². The lowest BCUT2D eigenvalue weighted by molar-refractivity contribution is -0.119. The third-order valence-corrected chi connectivity index (χ3v) is 2.86. The van der Waals surface area contributed by atoms with E-state index >= 15 is 0 Å². The van der Waals surface area contributed by atoms with Crippen LogP contribution in [0.5, 0.6) is 0 Å². The molecule has 2 rings (SSSR count). The van der Waals surface area contributed by atoms with Crippen LogP contribution in [0.2, 0.25) is 0 Å². The van der Waals surface area contributed by atoms with E-state index in [1.54, 1.807) is 41.2 Å². The fraction of sp³-hybridized carbons (Fsp3) is 0.143. The normalized spacial score (nSPS) is 12.9. The van der Waals surface area contributed by atoms with Crippen molar-refractivity contribution < 1.29 is 9.59 Å². The number of allylic oxidation sites excluding steroid dienone is 1. The second kappa shape index (κ2) is 5.36. The van der Waals surface area contributed by atoms with Gasteiger partial charge in [-0.05, 0) is 25.1 Å². The average molecular weight is 268 g/mol. The maximum Gasteiger partial charge on any atom is 0.238 e. The number of carbonyl (C=O) groups excluding carboxylic acids is 2. The maximum absolute atomic E-state index is 11.7. The Morgan fingerprint density at radius 3 is 2.85 bits per heavy atom. The van der Waals surface area contributed by atoms with Gasteiger partial charge < -0.3 is 10.1 Å². The molecule has 1 atom stereocenters. The molecule has 1 unspecified atom stereocenters. The number of hydrogen-bond acceptors (Lipinski definition) is 4. The SMILES string of the molecule is CC(=O)/C(=C/C(C#N)C(N)=O)c1ccc2nccn2c1. The number of Topliss-reactive ketones (excluding diaryl/α,β-unsaturated/α-hetero) is 1. The first-order chi connectivity index (χ1) is 9.52. The lowest BCUT2D eigenvalue weighted by atomic mass is 9.98. The van der Waals surface area contributed by atoms with E-state index in [0.717, 1.165) is 5.65 Å². The Hall–Kier alpha value is -2.94. The number of aromatic nitrogens is 2. The number of hydrogen-bond donors (Lipinski definition) is 1. The molecular formula is C14H12N4O2. The molecule has 1 amide bonds. The van der Waals surface area contributed by atoms with Crippen LogP contribution in [0.3, 0.4) is 0 Å². The van der Waals surface area contributed by atoms with Crippen molar-refractivity contribution in [2.45, 2.75) is 6.92 Å². The largest absolute Gasteiger partial charge is 0.368 e. The number of pyridine rings is 1. The summed E-state index contributed by atoms with van der Waals surface area (Å²) >= 11 is 0. The zero-order valence-electron chi connectivity index (χ0n) is 10.8. The minimum Gasteiger partial charge on any atom is -0.368 e. The zero-order chi connectivity index (χ0) is 14.7. The van der Waals surface area contributed by atoms with Crippen LogP contribution in [-0.2, 0) is 9.59 Å². The van der Waals surface area contributed by atoms with Crippen LogP contribution in [-0.4, -0.2) is 21.1 Å². The van der Waals surface area contributed by atoms with Gasteiger partial charge in [-0.1, -0.05) is 0 Å². The molecule has 2 N–H and O–H groups in total. The van der Waals surface area contributed by atoms with Crippen molar-refractivity contribution in [2.75, 3.05) is 0 Å². The highest BCUT2D eigenvalue weighted by molar-refractivity contribution is 6.20. The molecule has 20 heavy (non-hydrogen) atoms. The van der Waals surface area contributed by atoms with Gasteiger partial charge in [-0.2, -0.15) is 5.26 Å². The summed E-state index contributed by atoms with van der Waals surface area (Å²) in [5, 5.41) is 8.89. The van der Waals surface area contributed by atoms with Crippen molar-refractivity contribution in [3.8, 4) is 6.07 Å². The minimum absolute atomic E-state index is 0.244. The van der Waals surface area contributed by atoms with Gasteiger partial charge in [-0.25, -0.2) is 4.98 Å². The number of carbonyl (C=O) groups is 2. The molecule has 2 aromatic heterocycles. The van der Waals surface area contributed by atoms with E-state index in [1.807, 2.05) is 0 Å². The molecular weight excluding hydrogens is 256 g/mol. The Morgan fingerprint density at radius 1 is 1.50 bits per heavy atom. The van der Waals surface area contributed by atoms with Crippen LogP contribution in [0, 0.1) is 17.2 Å². The topological polar surface area (TPSA) is 101 Å². The molecule has 6 heteroatoms. The van der Waals surface area contributed by atoms with Crippen molar-refractivity contribution in [3.63, 3.8) is 0 Å². The maximum atomic E-state index is 11.7. The number of primary amides is 1. The Bertz CT molecular complexity index is 752. The molecule has 6 nitrogen and oxygen atoms in total. The lowest BCUT2D eigenvalue weighted by Gasteiger charge is -2.07. The van der Waals surface area contributed by atoms with E-state index in [-0.39, 0.29) is 11.4 Å². The van der Waals surface area contributed by atoms with Crippen LogP contribution < -0.4 is 5.73 Å². The van der Waals surface area contributed by atoms with Gasteiger partial charge in [0, 0.05) is 29.7 Å². The highest BCUT2D eigenvalue weighted by atomic mass is 16.1. The smallest absolute Gasteiger partial charge is 0.238 e. The summed E-state index contributed by atoms with van der Waals surface area (Å²) in [6.45, 7) is 1.37. The predicted molar refractivity (Wildman–Crippen MR) is 72.1 cm³/mol. The molecule has 0 fully saturated rings. The number of nitriles is 1. The van der Waals surface area contributed by atoms with Crippen molar-refractivity contribution in [2.24, 2.45) is 11.7 Å². The number of rotatable bonds is 4. The van der Waals surface area contributed by atoms with Crippen molar-refractivity contribution in [1.29, 1.82) is 5.26 Å². The molecule has 0 saturated carbocycles. The highest BCUT2D eigenvalue weighted by Gasteiger charge is 2.16. The van der Waals surface area contributed by atoms with E-state index < -0.39 is 11.8 Å². The summed E-state index contributed by atoms with van der Waals surface area (Å²) in [6, 6.07) is 5.23. The van der Waals surface area contributed by atoms with Crippen LogP contribution in [0.25, 0.3) is 11.2 Å². The van der Waals surface area contributed by atoms with Crippen LogP contribution in [0.15, 0.2) is 36.8 Å². The summed E-state index contributed by atoms with van der Waals surface area (Å²) in [7, 11) is 0. The van der Waals surface area contributed by atoms with Crippen LogP contribution in [0.4, 0.5) is 0 Å². The molecule has 100 valence electrons. The monoisotopic (exact) mass is 268 g/mol. The van der Waals surface area contributed by atoms with Crippen molar-refractivity contribution >= 4 is 22.9 Å². The minimum atomic E-state index is -1.13. The third kappa shape index (κ3) is 2.57. The number of imidazole rings is 1. The summed E-state index contributed by atoms with van der Waals surface area (Å²) in [6.07, 6.45) is 6.39. The number of fused-ring (bicyclic) bond motifs is 1. The Balaban J connectivity index is 2.53. The standard InChI is InChI=1S/C14H12N4O2/c1-9(19)12(6-11(7-15)14(16)20)10-2-3-13-17-4-5-18(13)8-10/h2-6,8,11H,1H3,(H2,16,20)/b12-6-. The number of amides is 1. The number of nitrogens with two attached hydrogens (primary N) is 1. The van der Waals surface area contributed by atoms with E-state index in [9.17, 15) is 9.59 Å². The summed E-state index contributed by atoms with van der Waals surface area (Å²) in [4.78, 5) is 27.0. The first kappa shape index (κ1) is 13.5. The molecule has 2 heterocycles. The van der Waals surface area contributed by atoms with E-state index in [2.05, 4.69) is 4.98 Å². The average Bonchev–Trinajstić information content (AvgIpc) is 2.86. The first-order valence-corrected chi connectivity index (χ1v) is 5.87. The van der Waals surface area contributed by atoms with Crippen molar-refractivity contribution in [1.82, 2.24) is 9.38 Å². The van der Waals surface area contributed by atoms with Gasteiger partial charge >= 0.3 is 0 Å². The van der Waals surface area contributed by atoms with Crippen molar-refractivity contribution in [3.05, 3.63) is 42.4 Å². The Labute approximate surface area is 115 Å². The van der Waals surface area contributed by atoms with Gasteiger partial charge in [0.05, 0.1) is 6.07 Å². The molecule has 0 radical (unpaired) electrons. The lowest BCUT2D eigenvalue weighted by Crippen LogP contribution is -2.20. The second-order valence-corrected chi connectivity index (χ2v) is 4.26. The molecule has 0 aromatic carbocycles. The van der Waals surface area contributed by atoms with Crippen LogP contribution in [0.1, 0.15) is 12.5 Å². The first-order valence-electron chi connectivity index (χ1n) is 5.87. The van der Waals surface area contributed by atoms with E-state index in [4.69, 9.17) is 11.0 Å². The van der Waals surface area contributed by atoms with Gasteiger partial charge in [0.2, 0.25) is 5.91 Å². The fourth-order valence-corrected chi connectivity index (χ4v) is 1.85. The second-order valence-electron chi connectivity index (χ2n) is 4.26. The Kier molecular flexibility index (Phi) is 3.62. The van der Waals surface area contributed by atoms with Gasteiger partial charge in [-0.3, -0.25) is 9.59 Å². The fourth-order valence-electron chi connectivity index (χ4n) is 1.85. The molecule has 0 aliphatic heterocycles. The van der Waals surface area contributed by atoms with E-state index in [0.29, 0.717) is 5.56 Å². The molecule has 0 bridgehead atoms. The highest BCUT2D eigenvalue weighted by Crippen LogP contribution is 2.19. The van der Waals surface area contributed by atoms with Gasteiger partial charge in [0.1, 0.15) is 11.6 Å². The number of nitrogens with zero attached hydrogens (tertiary/aromatic N) is 3. The molecule has 0 aliphatic carbocycles. The molecule has 0 spiro atoms. The Morgan fingerprint density at radius 2 is 2.25 bits per heavy atom.